The molecule has 1 N–H and O–H groups in total. The van der Waals surface area contributed by atoms with Crippen LogP contribution in [0.15, 0.2) is 21.8 Å². The zero-order valence-corrected chi connectivity index (χ0v) is 16.8. The van der Waals surface area contributed by atoms with Crippen LogP contribution in [0, 0.1) is 6.92 Å². The highest BCUT2D eigenvalue weighted by atomic mass is 79.9. The Labute approximate surface area is 158 Å². The summed E-state index contributed by atoms with van der Waals surface area (Å²) in [4.78, 5) is 29.3. The number of halogens is 1. The van der Waals surface area contributed by atoms with Gasteiger partial charge in [0.15, 0.2) is 5.65 Å². The number of aryl methyl sites for hydroxylation is 2. The lowest BCUT2D eigenvalue weighted by atomic mass is 10.1. The SMILES string of the molecule is Cc1cc(NC(=O)Cn2cnc3c(c(Br)nn3C)c2=O)n(C(C)(C)C)n1. The number of hydrogen-bond acceptors (Lipinski definition) is 5. The van der Waals surface area contributed by atoms with Crippen molar-refractivity contribution >= 4 is 38.7 Å². The predicted octanol–water partition coefficient (Wildman–Crippen LogP) is 1.79. The lowest BCUT2D eigenvalue weighted by Crippen LogP contribution is -2.30. The second kappa shape index (κ2) is 6.35. The normalized spacial score (nSPS) is 11.9. The minimum atomic E-state index is -0.335. The van der Waals surface area contributed by atoms with Gasteiger partial charge in [0.2, 0.25) is 5.91 Å². The molecule has 0 unspecified atom stereocenters. The largest absolute Gasteiger partial charge is 0.309 e. The van der Waals surface area contributed by atoms with Crippen molar-refractivity contribution in [3.63, 3.8) is 0 Å². The lowest BCUT2D eigenvalue weighted by Gasteiger charge is -2.22. The first-order valence-electron chi connectivity index (χ1n) is 8.02. The molecule has 26 heavy (non-hydrogen) atoms. The van der Waals surface area contributed by atoms with Gasteiger partial charge in [0, 0.05) is 13.1 Å². The number of nitrogens with zero attached hydrogens (tertiary/aromatic N) is 6. The standard InChI is InChI=1S/C16H20BrN7O2/c1-9-6-10(24(20-9)16(2,3)4)19-11(25)7-23-8-18-14-12(15(23)26)13(17)21-22(14)5/h6,8H,7H2,1-5H3,(H,19,25). The van der Waals surface area contributed by atoms with E-state index in [4.69, 9.17) is 0 Å². The fraction of sp³-hybridized carbons (Fsp3) is 0.438. The molecule has 3 heterocycles. The summed E-state index contributed by atoms with van der Waals surface area (Å²) in [6.45, 7) is 7.70. The molecule has 138 valence electrons. The molecule has 3 aromatic heterocycles. The lowest BCUT2D eigenvalue weighted by molar-refractivity contribution is -0.116. The molecular weight excluding hydrogens is 402 g/mol. The van der Waals surface area contributed by atoms with Gasteiger partial charge in [-0.05, 0) is 43.6 Å². The Morgan fingerprint density at radius 1 is 1.31 bits per heavy atom. The van der Waals surface area contributed by atoms with Gasteiger partial charge in [0.05, 0.1) is 11.2 Å². The van der Waals surface area contributed by atoms with Crippen LogP contribution in [0.4, 0.5) is 5.82 Å². The number of amides is 1. The molecule has 0 atom stereocenters. The maximum absolute atomic E-state index is 12.6. The Morgan fingerprint density at radius 3 is 2.65 bits per heavy atom. The van der Waals surface area contributed by atoms with Gasteiger partial charge < -0.3 is 5.32 Å². The minimum absolute atomic E-state index is 0.155. The summed E-state index contributed by atoms with van der Waals surface area (Å²) in [7, 11) is 1.70. The fourth-order valence-electron chi connectivity index (χ4n) is 2.69. The van der Waals surface area contributed by atoms with Crippen LogP contribution in [-0.2, 0) is 23.9 Å². The highest BCUT2D eigenvalue weighted by molar-refractivity contribution is 9.10. The Kier molecular flexibility index (Phi) is 4.47. The summed E-state index contributed by atoms with van der Waals surface area (Å²) < 4.78 is 4.93. The van der Waals surface area contributed by atoms with Crippen molar-refractivity contribution < 1.29 is 4.79 Å². The van der Waals surface area contributed by atoms with Gasteiger partial charge >= 0.3 is 0 Å². The van der Waals surface area contributed by atoms with E-state index in [1.54, 1.807) is 17.8 Å². The molecule has 0 aromatic carbocycles. The monoisotopic (exact) mass is 421 g/mol. The van der Waals surface area contributed by atoms with Crippen molar-refractivity contribution in [2.24, 2.45) is 7.05 Å². The van der Waals surface area contributed by atoms with Crippen LogP contribution in [0.2, 0.25) is 0 Å². The number of anilines is 1. The fourth-order valence-corrected chi connectivity index (χ4v) is 3.27. The third-order valence-corrected chi connectivity index (χ3v) is 4.37. The first kappa shape index (κ1) is 18.3. The van der Waals surface area contributed by atoms with Gasteiger partial charge in [0.1, 0.15) is 28.7 Å². The van der Waals surface area contributed by atoms with Crippen LogP contribution in [-0.4, -0.2) is 35.0 Å². The molecule has 0 aliphatic carbocycles. The smallest absolute Gasteiger partial charge is 0.266 e. The van der Waals surface area contributed by atoms with Gasteiger partial charge in [0.25, 0.3) is 5.56 Å². The van der Waals surface area contributed by atoms with Crippen LogP contribution >= 0.6 is 15.9 Å². The maximum atomic E-state index is 12.6. The van der Waals surface area contributed by atoms with Crippen LogP contribution < -0.4 is 10.9 Å². The molecule has 9 nitrogen and oxygen atoms in total. The number of fused-ring (bicyclic) bond motifs is 1. The van der Waals surface area contributed by atoms with E-state index < -0.39 is 0 Å². The Morgan fingerprint density at radius 2 is 2.00 bits per heavy atom. The highest BCUT2D eigenvalue weighted by Crippen LogP contribution is 2.21. The number of hydrogen-bond donors (Lipinski definition) is 1. The number of carbonyl (C=O) groups excluding carboxylic acids is 1. The first-order valence-corrected chi connectivity index (χ1v) is 8.82. The Bertz CT molecular complexity index is 1060. The van der Waals surface area contributed by atoms with Gasteiger partial charge in [-0.15, -0.1) is 0 Å². The quantitative estimate of drug-likeness (QED) is 0.694. The Balaban J connectivity index is 1.88. The molecular formula is C16H20BrN7O2. The summed E-state index contributed by atoms with van der Waals surface area (Å²) in [6.07, 6.45) is 1.35. The second-order valence-electron chi connectivity index (χ2n) is 7.09. The molecule has 10 heteroatoms. The van der Waals surface area contributed by atoms with Crippen molar-refractivity contribution in [2.75, 3.05) is 5.32 Å². The van der Waals surface area contributed by atoms with E-state index in [1.807, 2.05) is 27.7 Å². The van der Waals surface area contributed by atoms with Crippen LogP contribution in [0.5, 0.6) is 0 Å². The highest BCUT2D eigenvalue weighted by Gasteiger charge is 2.21. The average Bonchev–Trinajstić information content (AvgIpc) is 3.02. The van der Waals surface area contributed by atoms with Gasteiger partial charge in [-0.3, -0.25) is 14.2 Å². The first-order chi connectivity index (χ1) is 12.1. The van der Waals surface area contributed by atoms with E-state index >= 15 is 0 Å². The van der Waals surface area contributed by atoms with E-state index in [9.17, 15) is 9.59 Å². The molecule has 0 aliphatic heterocycles. The third-order valence-electron chi connectivity index (χ3n) is 3.82. The third kappa shape index (κ3) is 3.28. The number of rotatable bonds is 3. The van der Waals surface area contributed by atoms with Crippen LogP contribution in [0.1, 0.15) is 26.5 Å². The number of aromatic nitrogens is 6. The van der Waals surface area contributed by atoms with Crippen molar-refractivity contribution in [1.82, 2.24) is 29.1 Å². The van der Waals surface area contributed by atoms with Gasteiger partial charge in [-0.1, -0.05) is 0 Å². The maximum Gasteiger partial charge on any atom is 0.266 e. The molecule has 0 radical (unpaired) electrons. The zero-order valence-electron chi connectivity index (χ0n) is 15.2. The molecule has 0 bridgehead atoms. The molecule has 0 saturated heterocycles. The zero-order chi connectivity index (χ0) is 19.2. The second-order valence-corrected chi connectivity index (χ2v) is 7.84. The molecule has 0 fully saturated rings. The van der Waals surface area contributed by atoms with Crippen LogP contribution in [0.25, 0.3) is 11.0 Å². The summed E-state index contributed by atoms with van der Waals surface area (Å²) in [5, 5.41) is 11.7. The predicted molar refractivity (Wildman–Crippen MR) is 101 cm³/mol. The van der Waals surface area contributed by atoms with E-state index in [1.165, 1.54) is 15.6 Å². The van der Waals surface area contributed by atoms with E-state index in [0.717, 1.165) is 5.69 Å². The van der Waals surface area contributed by atoms with Gasteiger partial charge in [-0.25, -0.2) is 14.3 Å². The van der Waals surface area contributed by atoms with Crippen LogP contribution in [0.3, 0.4) is 0 Å². The molecule has 3 aromatic rings. The number of nitrogens with one attached hydrogen (secondary N) is 1. The van der Waals surface area contributed by atoms with Crippen molar-refractivity contribution in [1.29, 1.82) is 0 Å². The Hall–Kier alpha value is -2.49. The van der Waals surface area contributed by atoms with E-state index in [-0.39, 0.29) is 23.6 Å². The van der Waals surface area contributed by atoms with E-state index in [2.05, 4.69) is 36.4 Å². The topological polar surface area (TPSA) is 99.6 Å². The van der Waals surface area contributed by atoms with Crippen molar-refractivity contribution in [2.45, 2.75) is 39.8 Å². The number of carbonyl (C=O) groups is 1. The average molecular weight is 422 g/mol. The summed E-state index contributed by atoms with van der Waals surface area (Å²) >= 11 is 3.26. The minimum Gasteiger partial charge on any atom is -0.309 e. The summed E-state index contributed by atoms with van der Waals surface area (Å²) in [5.74, 6) is 0.253. The van der Waals surface area contributed by atoms with Crippen molar-refractivity contribution in [3.05, 3.63) is 33.0 Å². The molecule has 0 aliphatic rings. The summed E-state index contributed by atoms with van der Waals surface area (Å²) in [5.41, 5.74) is 0.648. The van der Waals surface area contributed by atoms with E-state index in [0.29, 0.717) is 21.5 Å². The molecule has 1 amide bonds. The molecule has 0 spiro atoms. The molecule has 0 saturated carbocycles. The van der Waals surface area contributed by atoms with Crippen molar-refractivity contribution in [3.8, 4) is 0 Å². The molecule has 3 rings (SSSR count). The van der Waals surface area contributed by atoms with Gasteiger partial charge in [-0.2, -0.15) is 10.2 Å². The summed E-state index contributed by atoms with van der Waals surface area (Å²) in [6, 6.07) is 1.80.